The number of rotatable bonds is 5. The van der Waals surface area contributed by atoms with E-state index >= 15 is 0 Å². The minimum Gasteiger partial charge on any atom is -0.366 e. The molecule has 0 atom stereocenters. The molecular formula is C14H17N5OS. The first kappa shape index (κ1) is 14.1. The van der Waals surface area contributed by atoms with E-state index in [1.54, 1.807) is 17.8 Å². The summed E-state index contributed by atoms with van der Waals surface area (Å²) >= 11 is 1.59. The van der Waals surface area contributed by atoms with Crippen molar-refractivity contribution in [2.45, 2.75) is 42.6 Å². The van der Waals surface area contributed by atoms with Gasteiger partial charge in [-0.1, -0.05) is 36.7 Å². The molecule has 0 unspecified atom stereocenters. The second kappa shape index (κ2) is 6.26. The molecule has 0 bridgehead atoms. The molecule has 0 aliphatic heterocycles. The monoisotopic (exact) mass is 303 g/mol. The summed E-state index contributed by atoms with van der Waals surface area (Å²) in [6.45, 7) is 0. The van der Waals surface area contributed by atoms with Crippen LogP contribution in [0.3, 0.4) is 0 Å². The van der Waals surface area contributed by atoms with E-state index in [-0.39, 0.29) is 0 Å². The fourth-order valence-electron chi connectivity index (χ4n) is 2.62. The molecule has 1 aliphatic rings. The minimum absolute atomic E-state index is 0.405. The van der Waals surface area contributed by atoms with Crippen molar-refractivity contribution in [3.63, 3.8) is 0 Å². The van der Waals surface area contributed by atoms with Crippen LogP contribution in [-0.2, 0) is 5.75 Å². The molecule has 1 aromatic heterocycles. The zero-order valence-electron chi connectivity index (χ0n) is 11.6. The second-order valence-corrected chi connectivity index (χ2v) is 6.14. The van der Waals surface area contributed by atoms with E-state index in [1.807, 2.05) is 22.9 Å². The summed E-state index contributed by atoms with van der Waals surface area (Å²) in [4.78, 5) is 11.2. The van der Waals surface area contributed by atoms with Gasteiger partial charge in [0, 0.05) is 11.3 Å². The number of aromatic nitrogens is 4. The van der Waals surface area contributed by atoms with Gasteiger partial charge < -0.3 is 5.73 Å². The Morgan fingerprint density at radius 1 is 1.38 bits per heavy atom. The molecule has 1 aromatic carbocycles. The van der Waals surface area contributed by atoms with Crippen molar-refractivity contribution in [3.05, 3.63) is 35.4 Å². The van der Waals surface area contributed by atoms with E-state index in [1.165, 1.54) is 12.8 Å². The number of tetrazole rings is 1. The van der Waals surface area contributed by atoms with Crippen molar-refractivity contribution in [1.82, 2.24) is 20.2 Å². The number of carbonyl (C=O) groups is 1. The maximum atomic E-state index is 11.2. The molecule has 1 saturated carbocycles. The third-order valence-electron chi connectivity index (χ3n) is 3.71. The lowest BCUT2D eigenvalue weighted by molar-refractivity contribution is 0.1000. The van der Waals surface area contributed by atoms with Gasteiger partial charge in [-0.2, -0.15) is 0 Å². The summed E-state index contributed by atoms with van der Waals surface area (Å²) in [7, 11) is 0. The third-order valence-corrected chi connectivity index (χ3v) is 4.72. The van der Waals surface area contributed by atoms with Gasteiger partial charge >= 0.3 is 0 Å². The van der Waals surface area contributed by atoms with Crippen molar-refractivity contribution in [2.24, 2.45) is 5.73 Å². The van der Waals surface area contributed by atoms with Crippen LogP contribution < -0.4 is 5.73 Å². The van der Waals surface area contributed by atoms with Crippen molar-refractivity contribution < 1.29 is 4.79 Å². The van der Waals surface area contributed by atoms with E-state index in [0.717, 1.165) is 23.6 Å². The van der Waals surface area contributed by atoms with Crippen LogP contribution in [0.1, 0.15) is 47.6 Å². The Bertz CT molecular complexity index is 636. The molecule has 1 fully saturated rings. The summed E-state index contributed by atoms with van der Waals surface area (Å²) < 4.78 is 1.94. The molecular weight excluding hydrogens is 286 g/mol. The number of nitrogens with zero attached hydrogens (tertiary/aromatic N) is 4. The van der Waals surface area contributed by atoms with Gasteiger partial charge in [0.1, 0.15) is 0 Å². The third kappa shape index (κ3) is 3.24. The van der Waals surface area contributed by atoms with E-state index in [2.05, 4.69) is 15.5 Å². The zero-order valence-corrected chi connectivity index (χ0v) is 12.4. The summed E-state index contributed by atoms with van der Waals surface area (Å²) in [5.74, 6) is 0.312. The highest BCUT2D eigenvalue weighted by atomic mass is 32.2. The molecule has 1 amide bonds. The number of nitrogens with two attached hydrogens (primary N) is 1. The van der Waals surface area contributed by atoms with Gasteiger partial charge in [0.05, 0.1) is 6.04 Å². The first-order chi connectivity index (χ1) is 10.2. The Morgan fingerprint density at radius 3 is 2.95 bits per heavy atom. The number of amides is 1. The zero-order chi connectivity index (χ0) is 14.7. The minimum atomic E-state index is -0.405. The van der Waals surface area contributed by atoms with Gasteiger partial charge in [-0.25, -0.2) is 4.68 Å². The SMILES string of the molecule is NC(=O)c1cccc(CSc2nnnn2C2CCCC2)c1. The van der Waals surface area contributed by atoms with Crippen LogP contribution in [0.15, 0.2) is 29.4 Å². The Hall–Kier alpha value is -1.89. The molecule has 3 rings (SSSR count). The fourth-order valence-corrected chi connectivity index (χ4v) is 3.51. The first-order valence-electron chi connectivity index (χ1n) is 7.03. The molecule has 2 N–H and O–H groups in total. The maximum Gasteiger partial charge on any atom is 0.248 e. The molecule has 21 heavy (non-hydrogen) atoms. The largest absolute Gasteiger partial charge is 0.366 e. The maximum absolute atomic E-state index is 11.2. The van der Waals surface area contributed by atoms with E-state index in [4.69, 9.17) is 5.73 Å². The molecule has 2 aromatic rings. The predicted octanol–water partition coefficient (Wildman–Crippen LogP) is 2.18. The molecule has 1 heterocycles. The molecule has 1 aliphatic carbocycles. The van der Waals surface area contributed by atoms with Crippen molar-refractivity contribution in [3.8, 4) is 0 Å². The van der Waals surface area contributed by atoms with E-state index in [9.17, 15) is 4.79 Å². The highest BCUT2D eigenvalue weighted by Crippen LogP contribution is 2.32. The number of carbonyl (C=O) groups excluding carboxylic acids is 1. The van der Waals surface area contributed by atoms with Crippen molar-refractivity contribution in [2.75, 3.05) is 0 Å². The molecule has 110 valence electrons. The average Bonchev–Trinajstić information content (AvgIpc) is 3.16. The number of primary amides is 1. The summed E-state index contributed by atoms with van der Waals surface area (Å²) in [5, 5.41) is 12.9. The fraction of sp³-hybridized carbons (Fsp3) is 0.429. The van der Waals surface area contributed by atoms with Gasteiger partial charge in [0.2, 0.25) is 11.1 Å². The highest BCUT2D eigenvalue weighted by Gasteiger charge is 2.21. The molecule has 0 radical (unpaired) electrons. The Kier molecular flexibility index (Phi) is 4.19. The average molecular weight is 303 g/mol. The van der Waals surface area contributed by atoms with Gasteiger partial charge in [0.15, 0.2) is 0 Å². The first-order valence-corrected chi connectivity index (χ1v) is 8.02. The Morgan fingerprint density at radius 2 is 2.19 bits per heavy atom. The molecule has 0 saturated heterocycles. The van der Waals surface area contributed by atoms with Gasteiger partial charge in [-0.15, -0.1) is 5.10 Å². The Labute approximate surface area is 127 Å². The number of hydrogen-bond acceptors (Lipinski definition) is 5. The van der Waals surface area contributed by atoms with Gasteiger partial charge in [-0.05, 0) is 41.0 Å². The van der Waals surface area contributed by atoms with Crippen LogP contribution in [-0.4, -0.2) is 26.1 Å². The van der Waals surface area contributed by atoms with Crippen molar-refractivity contribution in [1.29, 1.82) is 0 Å². The van der Waals surface area contributed by atoms with Crippen LogP contribution in [0.2, 0.25) is 0 Å². The normalized spacial score (nSPS) is 15.4. The lowest BCUT2D eigenvalue weighted by Crippen LogP contribution is -2.11. The lowest BCUT2D eigenvalue weighted by atomic mass is 10.1. The summed E-state index contributed by atoms with van der Waals surface area (Å²) in [6, 6.07) is 7.79. The molecule has 0 spiro atoms. The van der Waals surface area contributed by atoms with Crippen LogP contribution in [0.5, 0.6) is 0 Å². The van der Waals surface area contributed by atoms with Crippen LogP contribution in [0.4, 0.5) is 0 Å². The standard InChI is InChI=1S/C14H17N5OS/c15-13(20)11-5-3-4-10(8-11)9-21-14-16-17-18-19(14)12-6-1-2-7-12/h3-5,8,12H,1-2,6-7,9H2,(H2,15,20). The topological polar surface area (TPSA) is 86.7 Å². The second-order valence-electron chi connectivity index (χ2n) is 5.20. The lowest BCUT2D eigenvalue weighted by Gasteiger charge is -2.10. The van der Waals surface area contributed by atoms with Crippen molar-refractivity contribution >= 4 is 17.7 Å². The summed E-state index contributed by atoms with van der Waals surface area (Å²) in [6.07, 6.45) is 4.79. The highest BCUT2D eigenvalue weighted by molar-refractivity contribution is 7.98. The van der Waals surface area contributed by atoms with Gasteiger partial charge in [0.25, 0.3) is 0 Å². The quantitative estimate of drug-likeness (QED) is 0.855. The summed E-state index contributed by atoms with van der Waals surface area (Å²) in [5.41, 5.74) is 6.87. The predicted molar refractivity (Wildman–Crippen MR) is 79.8 cm³/mol. The van der Waals surface area contributed by atoms with Crippen LogP contribution in [0.25, 0.3) is 0 Å². The van der Waals surface area contributed by atoms with Crippen LogP contribution in [0, 0.1) is 0 Å². The van der Waals surface area contributed by atoms with E-state index in [0.29, 0.717) is 17.4 Å². The number of thioether (sulfide) groups is 1. The van der Waals surface area contributed by atoms with Gasteiger partial charge in [-0.3, -0.25) is 4.79 Å². The number of benzene rings is 1. The molecule has 6 nitrogen and oxygen atoms in total. The smallest absolute Gasteiger partial charge is 0.248 e. The Balaban J connectivity index is 1.69. The molecule has 7 heteroatoms. The number of hydrogen-bond donors (Lipinski definition) is 1. The van der Waals surface area contributed by atoms with E-state index < -0.39 is 5.91 Å². The van der Waals surface area contributed by atoms with Crippen LogP contribution >= 0.6 is 11.8 Å².